The van der Waals surface area contributed by atoms with Crippen LogP contribution in [0.5, 0.6) is 0 Å². The lowest BCUT2D eigenvalue weighted by molar-refractivity contribution is -0.137. The lowest BCUT2D eigenvalue weighted by Gasteiger charge is -2.15. The van der Waals surface area contributed by atoms with Crippen LogP contribution >= 0.6 is 23.5 Å². The van der Waals surface area contributed by atoms with Crippen LogP contribution in [0.4, 0.5) is 5.95 Å². The number of aromatic nitrogens is 4. The molecular weight excluding hydrogens is 370 g/mol. The number of thioether (sulfide) groups is 2. The van der Waals surface area contributed by atoms with Crippen LogP contribution in [-0.4, -0.2) is 55.0 Å². The molecule has 1 unspecified atom stereocenters. The molecule has 2 heterocycles. The lowest BCUT2D eigenvalue weighted by Crippen LogP contribution is -2.31. The maximum absolute atomic E-state index is 11.6. The van der Waals surface area contributed by atoms with Gasteiger partial charge in [-0.05, 0) is 24.7 Å². The molecule has 136 valence electrons. The fourth-order valence-electron chi connectivity index (χ4n) is 2.45. The minimum Gasteiger partial charge on any atom is -0.480 e. The Morgan fingerprint density at radius 1 is 1.27 bits per heavy atom. The van der Waals surface area contributed by atoms with Crippen molar-refractivity contribution < 1.29 is 9.90 Å². The Morgan fingerprint density at radius 2 is 2.04 bits per heavy atom. The van der Waals surface area contributed by atoms with E-state index in [2.05, 4.69) is 20.4 Å². The first-order valence-corrected chi connectivity index (χ1v) is 10.6. The summed E-state index contributed by atoms with van der Waals surface area (Å²) in [7, 11) is 0. The molecule has 1 aromatic carbocycles. The number of anilines is 1. The maximum Gasteiger partial charge on any atom is 0.326 e. The zero-order chi connectivity index (χ0) is 18.5. The van der Waals surface area contributed by atoms with Crippen molar-refractivity contribution in [1.29, 1.82) is 0 Å². The second-order valence-electron chi connectivity index (χ2n) is 5.52. The van der Waals surface area contributed by atoms with Crippen LogP contribution in [0.2, 0.25) is 0 Å². The summed E-state index contributed by atoms with van der Waals surface area (Å²) in [5.74, 6) is 0.212. The Kier molecular flexibility index (Phi) is 6.00. The van der Waals surface area contributed by atoms with Gasteiger partial charge in [0.25, 0.3) is 0 Å². The van der Waals surface area contributed by atoms with E-state index >= 15 is 0 Å². The van der Waals surface area contributed by atoms with Crippen LogP contribution in [0.15, 0.2) is 41.6 Å². The third-order valence-electron chi connectivity index (χ3n) is 3.77. The Balaban J connectivity index is 2.02. The second-order valence-corrected chi connectivity index (χ2v) is 7.28. The topological polar surface area (TPSA) is 92.4 Å². The van der Waals surface area contributed by atoms with Crippen molar-refractivity contribution in [2.45, 2.75) is 17.6 Å². The lowest BCUT2D eigenvalue weighted by atomic mass is 10.2. The van der Waals surface area contributed by atoms with E-state index in [4.69, 9.17) is 0 Å². The number of rotatable bonds is 8. The van der Waals surface area contributed by atoms with Crippen LogP contribution in [0.25, 0.3) is 16.9 Å². The summed E-state index contributed by atoms with van der Waals surface area (Å²) in [4.78, 5) is 20.5. The molecule has 0 bridgehead atoms. The first-order chi connectivity index (χ1) is 12.6. The number of hydrogen-bond acceptors (Lipinski definition) is 7. The number of carbonyl (C=O) groups is 1. The van der Waals surface area contributed by atoms with E-state index in [0.717, 1.165) is 17.0 Å². The molecule has 7 nitrogen and oxygen atoms in total. The Labute approximate surface area is 159 Å². The van der Waals surface area contributed by atoms with E-state index < -0.39 is 12.0 Å². The predicted octanol–water partition coefficient (Wildman–Crippen LogP) is 3.13. The van der Waals surface area contributed by atoms with Gasteiger partial charge in [0.15, 0.2) is 10.8 Å². The first-order valence-electron chi connectivity index (χ1n) is 7.98. The quantitative estimate of drug-likeness (QED) is 0.568. The zero-order valence-electron chi connectivity index (χ0n) is 14.4. The van der Waals surface area contributed by atoms with Crippen LogP contribution in [0, 0.1) is 0 Å². The molecule has 0 aliphatic rings. The van der Waals surface area contributed by atoms with Gasteiger partial charge in [0.2, 0.25) is 5.95 Å². The number of nitrogens with zero attached hydrogens (tertiary/aromatic N) is 4. The largest absolute Gasteiger partial charge is 0.480 e. The Bertz CT molecular complexity index is 901. The molecule has 0 saturated carbocycles. The highest BCUT2D eigenvalue weighted by molar-refractivity contribution is 7.98. The Hall–Kier alpha value is -2.26. The van der Waals surface area contributed by atoms with Crippen molar-refractivity contribution in [2.75, 3.05) is 23.6 Å². The van der Waals surface area contributed by atoms with Crippen LogP contribution in [0.3, 0.4) is 0 Å². The number of benzene rings is 1. The van der Waals surface area contributed by atoms with Crippen molar-refractivity contribution >= 4 is 41.1 Å². The van der Waals surface area contributed by atoms with Crippen molar-refractivity contribution in [3.8, 4) is 11.3 Å². The third-order valence-corrected chi connectivity index (χ3v) is 4.96. The molecule has 9 heteroatoms. The minimum absolute atomic E-state index is 0.384. The van der Waals surface area contributed by atoms with Crippen LogP contribution in [-0.2, 0) is 4.79 Å². The molecule has 1 atom stereocenters. The van der Waals surface area contributed by atoms with Crippen LogP contribution < -0.4 is 5.32 Å². The smallest absolute Gasteiger partial charge is 0.326 e. The van der Waals surface area contributed by atoms with Crippen molar-refractivity contribution in [2.24, 2.45) is 0 Å². The molecule has 3 aromatic rings. The number of carboxylic acid groups (broad SMARTS) is 1. The molecule has 0 saturated heterocycles. The number of fused-ring (bicyclic) bond motifs is 1. The van der Waals surface area contributed by atoms with E-state index in [1.54, 1.807) is 16.3 Å². The SMILES string of the molecule is CSCCC(Nc1nc(SC)nc2cc(-c3ccccc3)nn12)C(=O)O. The first kappa shape index (κ1) is 18.5. The summed E-state index contributed by atoms with van der Waals surface area (Å²) < 4.78 is 1.57. The fourth-order valence-corrected chi connectivity index (χ4v) is 3.29. The van der Waals surface area contributed by atoms with E-state index in [1.807, 2.05) is 48.9 Å². The maximum atomic E-state index is 11.6. The second kappa shape index (κ2) is 8.41. The summed E-state index contributed by atoms with van der Waals surface area (Å²) in [6.45, 7) is 0. The summed E-state index contributed by atoms with van der Waals surface area (Å²) in [6.07, 6.45) is 4.32. The summed E-state index contributed by atoms with van der Waals surface area (Å²) in [6, 6.07) is 10.9. The molecule has 2 N–H and O–H groups in total. The average Bonchev–Trinajstić information content (AvgIpc) is 3.09. The van der Waals surface area contributed by atoms with E-state index in [1.165, 1.54) is 11.8 Å². The number of hydrogen-bond donors (Lipinski definition) is 2. The van der Waals surface area contributed by atoms with Crippen molar-refractivity contribution in [1.82, 2.24) is 19.6 Å². The summed E-state index contributed by atoms with van der Waals surface area (Å²) in [5.41, 5.74) is 2.35. The molecule has 2 aromatic heterocycles. The molecule has 0 aliphatic carbocycles. The van der Waals surface area contributed by atoms with E-state index in [-0.39, 0.29) is 0 Å². The summed E-state index contributed by atoms with van der Waals surface area (Å²) in [5, 5.41) is 17.6. The van der Waals surface area contributed by atoms with Crippen LogP contribution in [0.1, 0.15) is 6.42 Å². The van der Waals surface area contributed by atoms with Gasteiger partial charge in [-0.2, -0.15) is 26.4 Å². The average molecular weight is 390 g/mol. The molecule has 0 fully saturated rings. The van der Waals surface area contributed by atoms with Gasteiger partial charge in [0.1, 0.15) is 6.04 Å². The molecule has 26 heavy (non-hydrogen) atoms. The monoisotopic (exact) mass is 389 g/mol. The number of carboxylic acids is 1. The van der Waals surface area contributed by atoms with Gasteiger partial charge in [-0.15, -0.1) is 0 Å². The normalized spacial score (nSPS) is 12.2. The van der Waals surface area contributed by atoms with E-state index in [9.17, 15) is 9.90 Å². The number of nitrogens with one attached hydrogen (secondary N) is 1. The molecular formula is C17H19N5O2S2. The van der Waals surface area contributed by atoms with Gasteiger partial charge in [0, 0.05) is 11.6 Å². The zero-order valence-corrected chi connectivity index (χ0v) is 16.0. The summed E-state index contributed by atoms with van der Waals surface area (Å²) >= 11 is 3.01. The highest BCUT2D eigenvalue weighted by Crippen LogP contribution is 2.23. The van der Waals surface area contributed by atoms with E-state index in [0.29, 0.717) is 23.2 Å². The van der Waals surface area contributed by atoms with Crippen molar-refractivity contribution in [3.05, 3.63) is 36.4 Å². The van der Waals surface area contributed by atoms with Gasteiger partial charge >= 0.3 is 5.97 Å². The number of aliphatic carboxylic acids is 1. The van der Waals surface area contributed by atoms with Gasteiger partial charge < -0.3 is 10.4 Å². The minimum atomic E-state index is -0.910. The van der Waals surface area contributed by atoms with Gasteiger partial charge in [-0.25, -0.2) is 9.78 Å². The van der Waals surface area contributed by atoms with Crippen molar-refractivity contribution in [3.63, 3.8) is 0 Å². The predicted molar refractivity (Wildman–Crippen MR) is 106 cm³/mol. The van der Waals surface area contributed by atoms with Gasteiger partial charge in [-0.3, -0.25) is 0 Å². The third kappa shape index (κ3) is 4.10. The molecule has 0 amide bonds. The standard InChI is InChI=1S/C17H19N5O2S2/c1-25-9-8-12(15(23)24)18-16-20-17(26-2)19-14-10-13(21-22(14)16)11-6-4-3-5-7-11/h3-7,10,12H,8-9H2,1-2H3,(H,23,24)(H,18,19,20). The molecule has 0 aliphatic heterocycles. The molecule has 0 radical (unpaired) electrons. The van der Waals surface area contributed by atoms with Gasteiger partial charge in [0.05, 0.1) is 5.69 Å². The highest BCUT2D eigenvalue weighted by Gasteiger charge is 2.20. The highest BCUT2D eigenvalue weighted by atomic mass is 32.2. The molecule has 0 spiro atoms. The Morgan fingerprint density at radius 3 is 2.69 bits per heavy atom. The fraction of sp³-hybridized carbons (Fsp3) is 0.294. The molecule has 3 rings (SSSR count). The van der Waals surface area contributed by atoms with Gasteiger partial charge in [-0.1, -0.05) is 42.1 Å².